The number of carbonyl (C=O) groups excluding carboxylic acids is 1. The minimum absolute atomic E-state index is 0.156. The number of benzene rings is 4. The Hall–Kier alpha value is -4.38. The van der Waals surface area contributed by atoms with Gasteiger partial charge in [-0.2, -0.15) is 9.78 Å². The van der Waals surface area contributed by atoms with Crippen molar-refractivity contribution in [1.82, 2.24) is 9.66 Å². The molecule has 0 atom stereocenters. The van der Waals surface area contributed by atoms with Crippen LogP contribution in [-0.4, -0.2) is 42.1 Å². The molecule has 5 rings (SSSR count). The summed E-state index contributed by atoms with van der Waals surface area (Å²) in [6.45, 7) is 8.27. The number of hydrogen-bond donors (Lipinski definition) is 1. The van der Waals surface area contributed by atoms with E-state index in [-0.39, 0.29) is 34.6 Å². The molecule has 1 aromatic heterocycles. The Morgan fingerprint density at radius 3 is 2.48 bits per heavy atom. The topological polar surface area (TPSA) is 104 Å². The molecule has 0 aliphatic carbocycles. The van der Waals surface area contributed by atoms with E-state index in [0.717, 1.165) is 22.4 Å². The minimum atomic E-state index is -0.405. The number of carbonyl (C=O) groups is 1. The van der Waals surface area contributed by atoms with Gasteiger partial charge in [0, 0.05) is 26.3 Å². The number of para-hydroxylation sites is 1. The Labute approximate surface area is 296 Å². The SMILES string of the molecule is CCOc1cc(C)c(-c2nc3ccccc3c(=O)n2N=Cc2cc(OC)c(OCC(=O)Nc3ccc(Cl)cc3)c(Cl)c2Br)cc1C(C)C. The molecule has 1 heterocycles. The zero-order chi connectivity index (χ0) is 34.5. The van der Waals surface area contributed by atoms with Gasteiger partial charge in [-0.3, -0.25) is 9.59 Å². The highest BCUT2D eigenvalue weighted by molar-refractivity contribution is 9.10. The second-order valence-electron chi connectivity index (χ2n) is 11.1. The number of aryl methyl sites for hydroxylation is 1. The fourth-order valence-electron chi connectivity index (χ4n) is 5.05. The molecule has 0 bridgehead atoms. The lowest BCUT2D eigenvalue weighted by molar-refractivity contribution is -0.118. The zero-order valence-corrected chi connectivity index (χ0v) is 30.0. The number of ether oxygens (including phenoxy) is 3. The molecule has 5 aromatic rings. The van der Waals surface area contributed by atoms with Gasteiger partial charge in [0.05, 0.1) is 30.8 Å². The van der Waals surface area contributed by atoms with E-state index in [0.29, 0.717) is 44.1 Å². The van der Waals surface area contributed by atoms with Crippen LogP contribution in [0, 0.1) is 6.92 Å². The first-order chi connectivity index (χ1) is 23.0. The molecule has 48 heavy (non-hydrogen) atoms. The van der Waals surface area contributed by atoms with Gasteiger partial charge in [-0.15, -0.1) is 0 Å². The highest BCUT2D eigenvalue weighted by Gasteiger charge is 2.21. The molecule has 0 spiro atoms. The van der Waals surface area contributed by atoms with Crippen LogP contribution < -0.4 is 25.1 Å². The van der Waals surface area contributed by atoms with E-state index < -0.39 is 5.91 Å². The molecule has 1 amide bonds. The van der Waals surface area contributed by atoms with E-state index in [1.54, 1.807) is 48.5 Å². The van der Waals surface area contributed by atoms with Crippen molar-refractivity contribution < 1.29 is 19.0 Å². The van der Waals surface area contributed by atoms with Gasteiger partial charge in [-0.05, 0) is 101 Å². The smallest absolute Gasteiger partial charge is 0.282 e. The molecule has 1 N–H and O–H groups in total. The monoisotopic (exact) mass is 750 g/mol. The summed E-state index contributed by atoms with van der Waals surface area (Å²) in [7, 11) is 1.46. The third-order valence-corrected chi connectivity index (χ3v) is 9.13. The van der Waals surface area contributed by atoms with Crippen LogP contribution in [0.1, 0.15) is 43.4 Å². The van der Waals surface area contributed by atoms with Crippen molar-refractivity contribution in [1.29, 1.82) is 0 Å². The van der Waals surface area contributed by atoms with Crippen LogP contribution in [0.15, 0.2) is 81.1 Å². The van der Waals surface area contributed by atoms with E-state index in [2.05, 4.69) is 40.2 Å². The molecule has 0 unspecified atom stereocenters. The predicted octanol–water partition coefficient (Wildman–Crippen LogP) is 8.87. The van der Waals surface area contributed by atoms with Crippen LogP contribution >= 0.6 is 39.1 Å². The van der Waals surface area contributed by atoms with Crippen molar-refractivity contribution in [3.63, 3.8) is 0 Å². The van der Waals surface area contributed by atoms with Crippen molar-refractivity contribution in [2.75, 3.05) is 25.6 Å². The molecule has 248 valence electrons. The molecular weight excluding hydrogens is 719 g/mol. The van der Waals surface area contributed by atoms with E-state index in [1.807, 2.05) is 32.0 Å². The first-order valence-electron chi connectivity index (χ1n) is 15.1. The molecule has 0 radical (unpaired) electrons. The van der Waals surface area contributed by atoms with E-state index in [9.17, 15) is 9.59 Å². The Balaban J connectivity index is 1.54. The molecule has 0 aliphatic heterocycles. The van der Waals surface area contributed by atoms with E-state index in [1.165, 1.54) is 18.0 Å². The number of nitrogens with one attached hydrogen (secondary N) is 1. The summed E-state index contributed by atoms with van der Waals surface area (Å²) < 4.78 is 19.0. The Morgan fingerprint density at radius 1 is 1.06 bits per heavy atom. The second kappa shape index (κ2) is 15.2. The van der Waals surface area contributed by atoms with Crippen molar-refractivity contribution in [2.24, 2.45) is 5.10 Å². The number of hydrogen-bond acceptors (Lipinski definition) is 7. The van der Waals surface area contributed by atoms with Crippen molar-refractivity contribution >= 4 is 67.8 Å². The van der Waals surface area contributed by atoms with E-state index >= 15 is 0 Å². The van der Waals surface area contributed by atoms with Crippen molar-refractivity contribution in [3.05, 3.63) is 108 Å². The summed E-state index contributed by atoms with van der Waals surface area (Å²) in [4.78, 5) is 31.4. The Bertz CT molecular complexity index is 2080. The number of methoxy groups -OCH3 is 1. The van der Waals surface area contributed by atoms with Gasteiger partial charge in [-0.1, -0.05) is 49.2 Å². The maximum absolute atomic E-state index is 13.9. The van der Waals surface area contributed by atoms with Gasteiger partial charge in [0.25, 0.3) is 11.5 Å². The predicted molar refractivity (Wildman–Crippen MR) is 196 cm³/mol. The van der Waals surface area contributed by atoms with Crippen LogP contribution in [0.4, 0.5) is 5.69 Å². The number of fused-ring (bicyclic) bond motifs is 1. The van der Waals surface area contributed by atoms with Gasteiger partial charge in [0.2, 0.25) is 0 Å². The molecular formula is C36H33BrCl2N4O5. The lowest BCUT2D eigenvalue weighted by atomic mass is 9.96. The average molecular weight is 752 g/mol. The van der Waals surface area contributed by atoms with Crippen LogP contribution in [-0.2, 0) is 4.79 Å². The van der Waals surface area contributed by atoms with E-state index in [4.69, 9.17) is 42.4 Å². The normalized spacial score (nSPS) is 11.4. The highest BCUT2D eigenvalue weighted by atomic mass is 79.9. The Kier molecular flexibility index (Phi) is 11.1. The molecule has 0 aliphatic rings. The highest BCUT2D eigenvalue weighted by Crippen LogP contribution is 2.42. The number of rotatable bonds is 11. The van der Waals surface area contributed by atoms with Crippen molar-refractivity contribution in [2.45, 2.75) is 33.6 Å². The zero-order valence-electron chi connectivity index (χ0n) is 26.9. The quantitative estimate of drug-likeness (QED) is 0.135. The van der Waals surface area contributed by atoms with Gasteiger partial charge < -0.3 is 19.5 Å². The maximum atomic E-state index is 13.9. The Morgan fingerprint density at radius 2 is 1.79 bits per heavy atom. The first-order valence-corrected chi connectivity index (χ1v) is 16.6. The summed E-state index contributed by atoms with van der Waals surface area (Å²) in [5.41, 5.74) is 3.89. The fourth-order valence-corrected chi connectivity index (χ4v) is 5.83. The standard InChI is InChI=1S/C36H33BrCl2N4O5/c1-6-47-29-15-21(4)27(17-26(29)20(2)3)35-42-28-10-8-7-9-25(28)36(45)43(35)40-18-22-16-30(46-5)34(33(39)32(22)37)48-19-31(44)41-24-13-11-23(38)12-14-24/h7-18,20H,6,19H2,1-5H3,(H,41,44). The number of amides is 1. The number of halogens is 3. The lowest BCUT2D eigenvalue weighted by Crippen LogP contribution is -2.21. The molecule has 12 heteroatoms. The number of anilines is 1. The fraction of sp³-hybridized carbons (Fsp3) is 0.222. The molecule has 0 saturated heterocycles. The maximum Gasteiger partial charge on any atom is 0.282 e. The third-order valence-electron chi connectivity index (χ3n) is 7.44. The summed E-state index contributed by atoms with van der Waals surface area (Å²) in [6.07, 6.45) is 1.49. The largest absolute Gasteiger partial charge is 0.494 e. The van der Waals surface area contributed by atoms with Gasteiger partial charge in [0.1, 0.15) is 10.8 Å². The second-order valence-corrected chi connectivity index (χ2v) is 12.7. The number of aromatic nitrogens is 2. The number of nitrogens with zero attached hydrogens (tertiary/aromatic N) is 3. The van der Waals surface area contributed by atoms with Crippen LogP contribution in [0.3, 0.4) is 0 Å². The van der Waals surface area contributed by atoms with Crippen LogP contribution in [0.2, 0.25) is 10.0 Å². The van der Waals surface area contributed by atoms with Crippen LogP contribution in [0.5, 0.6) is 17.2 Å². The molecule has 4 aromatic carbocycles. The first kappa shape index (κ1) is 34.9. The van der Waals surface area contributed by atoms with Crippen LogP contribution in [0.25, 0.3) is 22.3 Å². The summed E-state index contributed by atoms with van der Waals surface area (Å²) in [5.74, 6) is 1.34. The molecule has 9 nitrogen and oxygen atoms in total. The minimum Gasteiger partial charge on any atom is -0.494 e. The molecule has 0 fully saturated rings. The average Bonchev–Trinajstić information content (AvgIpc) is 3.06. The lowest BCUT2D eigenvalue weighted by Gasteiger charge is -2.18. The summed E-state index contributed by atoms with van der Waals surface area (Å²) in [6, 6.07) is 19.5. The summed E-state index contributed by atoms with van der Waals surface area (Å²) >= 11 is 16.2. The van der Waals surface area contributed by atoms with Gasteiger partial charge in [0.15, 0.2) is 23.9 Å². The van der Waals surface area contributed by atoms with Gasteiger partial charge >= 0.3 is 0 Å². The van der Waals surface area contributed by atoms with Gasteiger partial charge in [-0.25, -0.2) is 4.98 Å². The summed E-state index contributed by atoms with van der Waals surface area (Å²) in [5, 5.41) is 8.50. The third kappa shape index (κ3) is 7.51. The van der Waals surface area contributed by atoms with Crippen molar-refractivity contribution in [3.8, 4) is 28.6 Å². The molecule has 0 saturated carbocycles.